The average molecular weight is 296 g/mol. The zero-order chi connectivity index (χ0) is 14.3. The highest BCUT2D eigenvalue weighted by molar-refractivity contribution is 7.95. The van der Waals surface area contributed by atoms with Gasteiger partial charge in [-0.25, -0.2) is 0 Å². The van der Waals surface area contributed by atoms with Crippen LogP contribution in [-0.2, 0) is 8.98 Å². The molecular formula is C11H11F3O4S. The molecule has 8 heteroatoms. The number of carbonyl (C=O) groups is 1. The Balaban J connectivity index is 2.30. The van der Waals surface area contributed by atoms with E-state index in [-0.39, 0.29) is 12.4 Å². The maximum atomic E-state index is 11.9. The van der Waals surface area contributed by atoms with Gasteiger partial charge in [-0.2, -0.15) is 0 Å². The first-order valence-electron chi connectivity index (χ1n) is 5.15. The number of halogens is 3. The van der Waals surface area contributed by atoms with E-state index >= 15 is 0 Å². The maximum Gasteiger partial charge on any atom is 0.573 e. The number of ether oxygens (including phenoxy) is 2. The molecule has 0 amide bonds. The van der Waals surface area contributed by atoms with Crippen LogP contribution in [-0.4, -0.2) is 24.7 Å². The van der Waals surface area contributed by atoms with Gasteiger partial charge in [0.15, 0.2) is 0 Å². The van der Waals surface area contributed by atoms with Crippen LogP contribution >= 0.6 is 12.0 Å². The molecule has 0 aliphatic carbocycles. The monoisotopic (exact) mass is 296 g/mol. The SMILES string of the molecule is CC(=O)OSCCOc1ccc(OC(F)(F)F)cc1. The highest BCUT2D eigenvalue weighted by Gasteiger charge is 2.30. The molecule has 0 atom stereocenters. The summed E-state index contributed by atoms with van der Waals surface area (Å²) in [7, 11) is 0. The molecule has 1 aromatic carbocycles. The summed E-state index contributed by atoms with van der Waals surface area (Å²) in [5, 5.41) is 0. The molecule has 1 aromatic rings. The summed E-state index contributed by atoms with van der Waals surface area (Å²) in [6.45, 7) is 1.55. The van der Waals surface area contributed by atoms with E-state index < -0.39 is 12.3 Å². The van der Waals surface area contributed by atoms with Crippen LogP contribution in [0.2, 0.25) is 0 Å². The lowest BCUT2D eigenvalue weighted by Gasteiger charge is -2.09. The summed E-state index contributed by atoms with van der Waals surface area (Å²) >= 11 is 0.944. The topological polar surface area (TPSA) is 44.8 Å². The van der Waals surface area contributed by atoms with Crippen LogP contribution in [0.3, 0.4) is 0 Å². The fourth-order valence-electron chi connectivity index (χ4n) is 1.06. The van der Waals surface area contributed by atoms with Crippen molar-refractivity contribution in [1.29, 1.82) is 0 Å². The van der Waals surface area contributed by atoms with E-state index in [1.54, 1.807) is 0 Å². The summed E-state index contributed by atoms with van der Waals surface area (Å²) in [5.41, 5.74) is 0. The van der Waals surface area contributed by atoms with Crippen LogP contribution < -0.4 is 9.47 Å². The summed E-state index contributed by atoms with van der Waals surface area (Å²) in [4.78, 5) is 10.4. The zero-order valence-electron chi connectivity index (χ0n) is 9.90. The second-order valence-electron chi connectivity index (χ2n) is 3.26. The van der Waals surface area contributed by atoms with Crippen LogP contribution in [0.15, 0.2) is 24.3 Å². The molecule has 0 saturated heterocycles. The number of carbonyl (C=O) groups excluding carboxylic acids is 1. The van der Waals surface area contributed by atoms with Gasteiger partial charge in [-0.05, 0) is 24.3 Å². The van der Waals surface area contributed by atoms with Crippen molar-refractivity contribution in [1.82, 2.24) is 0 Å². The molecule has 19 heavy (non-hydrogen) atoms. The van der Waals surface area contributed by atoms with E-state index in [9.17, 15) is 18.0 Å². The smallest absolute Gasteiger partial charge is 0.493 e. The highest BCUT2D eigenvalue weighted by Crippen LogP contribution is 2.24. The molecule has 106 valence electrons. The van der Waals surface area contributed by atoms with Gasteiger partial charge in [-0.1, -0.05) is 0 Å². The van der Waals surface area contributed by atoms with Gasteiger partial charge in [-0.3, -0.25) is 4.79 Å². The molecule has 4 nitrogen and oxygen atoms in total. The second-order valence-corrected chi connectivity index (χ2v) is 4.08. The Labute approximate surface area is 112 Å². The quantitative estimate of drug-likeness (QED) is 0.596. The molecule has 0 fully saturated rings. The van der Waals surface area contributed by atoms with Crippen molar-refractivity contribution < 1.29 is 31.6 Å². The van der Waals surface area contributed by atoms with Crippen molar-refractivity contribution in [2.45, 2.75) is 13.3 Å². The lowest BCUT2D eigenvalue weighted by atomic mass is 10.3. The minimum absolute atomic E-state index is 0.261. The van der Waals surface area contributed by atoms with E-state index in [0.717, 1.165) is 24.2 Å². The van der Waals surface area contributed by atoms with Crippen LogP contribution in [0.5, 0.6) is 11.5 Å². The van der Waals surface area contributed by atoms with Crippen molar-refractivity contribution in [3.63, 3.8) is 0 Å². The maximum absolute atomic E-state index is 11.9. The van der Waals surface area contributed by atoms with Crippen molar-refractivity contribution in [3.05, 3.63) is 24.3 Å². The summed E-state index contributed by atoms with van der Waals surface area (Å²) in [5.74, 6) is 0.103. The summed E-state index contributed by atoms with van der Waals surface area (Å²) in [6, 6.07) is 5.03. The number of hydrogen-bond donors (Lipinski definition) is 0. The first-order valence-corrected chi connectivity index (χ1v) is 6.06. The van der Waals surface area contributed by atoms with E-state index in [4.69, 9.17) is 4.74 Å². The number of hydrogen-bond acceptors (Lipinski definition) is 5. The Morgan fingerprint density at radius 3 is 2.32 bits per heavy atom. The fourth-order valence-corrected chi connectivity index (χ4v) is 1.46. The van der Waals surface area contributed by atoms with Crippen LogP contribution in [0, 0.1) is 0 Å². The van der Waals surface area contributed by atoms with E-state index in [0.29, 0.717) is 11.5 Å². The molecule has 0 unspecified atom stereocenters. The van der Waals surface area contributed by atoms with Crippen molar-refractivity contribution in [2.75, 3.05) is 12.4 Å². The largest absolute Gasteiger partial charge is 0.573 e. The average Bonchev–Trinajstić information content (AvgIpc) is 2.28. The third kappa shape index (κ3) is 7.45. The third-order valence-electron chi connectivity index (χ3n) is 1.67. The lowest BCUT2D eigenvalue weighted by molar-refractivity contribution is -0.274. The van der Waals surface area contributed by atoms with Gasteiger partial charge >= 0.3 is 12.3 Å². The number of benzene rings is 1. The van der Waals surface area contributed by atoms with Crippen molar-refractivity contribution >= 4 is 18.0 Å². The van der Waals surface area contributed by atoms with Gasteiger partial charge in [0.1, 0.15) is 18.1 Å². The van der Waals surface area contributed by atoms with Gasteiger partial charge < -0.3 is 13.7 Å². The van der Waals surface area contributed by atoms with Crippen LogP contribution in [0.4, 0.5) is 13.2 Å². The molecule has 0 aliphatic heterocycles. The fraction of sp³-hybridized carbons (Fsp3) is 0.364. The minimum atomic E-state index is -4.71. The Hall–Kier alpha value is -1.57. The predicted octanol–water partition coefficient (Wildman–Crippen LogP) is 3.18. The minimum Gasteiger partial charge on any atom is -0.493 e. The molecule has 0 aliphatic rings. The summed E-state index contributed by atoms with van der Waals surface area (Å²) in [6.07, 6.45) is -4.71. The van der Waals surface area contributed by atoms with Gasteiger partial charge in [0.2, 0.25) is 0 Å². The first-order chi connectivity index (χ1) is 8.87. The molecule has 0 N–H and O–H groups in total. The van der Waals surface area contributed by atoms with Crippen LogP contribution in [0.25, 0.3) is 0 Å². The molecule has 0 radical (unpaired) electrons. The molecule has 1 rings (SSSR count). The first kappa shape index (κ1) is 15.5. The molecular weight excluding hydrogens is 285 g/mol. The van der Waals surface area contributed by atoms with E-state index in [1.807, 2.05) is 0 Å². The number of alkyl halides is 3. The zero-order valence-corrected chi connectivity index (χ0v) is 10.7. The Morgan fingerprint density at radius 1 is 1.21 bits per heavy atom. The number of rotatable bonds is 6. The molecule has 0 saturated carbocycles. The van der Waals surface area contributed by atoms with Gasteiger partial charge in [0.25, 0.3) is 0 Å². The second kappa shape index (κ2) is 7.13. The van der Waals surface area contributed by atoms with E-state index in [1.165, 1.54) is 19.1 Å². The van der Waals surface area contributed by atoms with Gasteiger partial charge in [0, 0.05) is 6.92 Å². The van der Waals surface area contributed by atoms with Crippen LogP contribution in [0.1, 0.15) is 6.92 Å². The third-order valence-corrected chi connectivity index (χ3v) is 2.35. The van der Waals surface area contributed by atoms with Crippen molar-refractivity contribution in [2.24, 2.45) is 0 Å². The Bertz CT molecular complexity index is 405. The molecule has 0 aromatic heterocycles. The normalized spacial score (nSPS) is 10.9. The van der Waals surface area contributed by atoms with E-state index in [2.05, 4.69) is 8.92 Å². The lowest BCUT2D eigenvalue weighted by Crippen LogP contribution is -2.16. The van der Waals surface area contributed by atoms with Crippen molar-refractivity contribution in [3.8, 4) is 11.5 Å². The predicted molar refractivity (Wildman–Crippen MR) is 62.8 cm³/mol. The standard InChI is InChI=1S/C11H11F3O4S/c1-8(15)18-19-7-6-16-9-2-4-10(5-3-9)17-11(12,13)14/h2-5H,6-7H2,1H3. The molecule has 0 bridgehead atoms. The van der Waals surface area contributed by atoms with Gasteiger partial charge in [-0.15, -0.1) is 13.2 Å². The van der Waals surface area contributed by atoms with Gasteiger partial charge in [0.05, 0.1) is 17.8 Å². The summed E-state index contributed by atoms with van der Waals surface area (Å²) < 4.78 is 49.2. The highest BCUT2D eigenvalue weighted by atomic mass is 32.2. The Morgan fingerprint density at radius 2 is 1.79 bits per heavy atom. The molecule has 0 spiro atoms. The molecule has 0 heterocycles. The Kier molecular flexibility index (Phi) is 5.81.